The lowest BCUT2D eigenvalue weighted by Crippen LogP contribution is -2.37. The van der Waals surface area contributed by atoms with Crippen LogP contribution in [0.3, 0.4) is 0 Å². The van der Waals surface area contributed by atoms with Gasteiger partial charge in [0.05, 0.1) is 10.6 Å². The zero-order valence-corrected chi connectivity index (χ0v) is 14.5. The highest BCUT2D eigenvalue weighted by atomic mass is 32.2. The molecule has 122 valence electrons. The number of benzene rings is 1. The van der Waals surface area contributed by atoms with Gasteiger partial charge in [-0.25, -0.2) is 0 Å². The molecule has 1 heterocycles. The van der Waals surface area contributed by atoms with Gasteiger partial charge < -0.3 is 10.2 Å². The van der Waals surface area contributed by atoms with Crippen LogP contribution in [-0.4, -0.2) is 24.4 Å². The molecule has 4 nitrogen and oxygen atoms in total. The molecule has 1 aromatic rings. The molecule has 0 radical (unpaired) electrons. The highest BCUT2D eigenvalue weighted by Gasteiger charge is 2.28. The van der Waals surface area contributed by atoms with Crippen LogP contribution in [-0.2, 0) is 9.59 Å². The van der Waals surface area contributed by atoms with Crippen molar-refractivity contribution < 1.29 is 9.59 Å². The molecule has 1 aliphatic rings. The second kappa shape index (κ2) is 7.51. The van der Waals surface area contributed by atoms with Crippen molar-refractivity contribution in [2.24, 2.45) is 5.92 Å². The largest absolute Gasteiger partial charge is 0.350 e. The molecule has 0 unspecified atom stereocenters. The lowest BCUT2D eigenvalue weighted by Gasteiger charge is -2.29. The van der Waals surface area contributed by atoms with Crippen molar-refractivity contribution in [1.82, 2.24) is 5.32 Å². The van der Waals surface area contributed by atoms with Crippen molar-refractivity contribution in [3.05, 3.63) is 47.9 Å². The summed E-state index contributed by atoms with van der Waals surface area (Å²) >= 11 is 1.33. The number of para-hydroxylation sites is 1. The predicted octanol–water partition coefficient (Wildman–Crippen LogP) is 3.36. The quantitative estimate of drug-likeness (QED) is 0.665. The molecule has 0 saturated heterocycles. The molecule has 0 aromatic heterocycles. The van der Waals surface area contributed by atoms with Crippen LogP contribution < -0.4 is 10.2 Å². The number of hydrogen-bond acceptors (Lipinski definition) is 3. The Morgan fingerprint density at radius 3 is 2.70 bits per heavy atom. The number of hydrogen-bond donors (Lipinski definition) is 1. The van der Waals surface area contributed by atoms with E-state index in [4.69, 9.17) is 0 Å². The average molecular weight is 330 g/mol. The molecule has 0 saturated carbocycles. The van der Waals surface area contributed by atoms with Gasteiger partial charge in [-0.05, 0) is 25.0 Å². The maximum Gasteiger partial charge on any atom is 0.265 e. The third-order valence-electron chi connectivity index (χ3n) is 3.78. The lowest BCUT2D eigenvalue weighted by atomic mass is 10.1. The van der Waals surface area contributed by atoms with E-state index in [0.29, 0.717) is 17.4 Å². The van der Waals surface area contributed by atoms with Gasteiger partial charge in [0.1, 0.15) is 0 Å². The number of fused-ring (bicyclic) bond motifs is 1. The fourth-order valence-corrected chi connectivity index (χ4v) is 3.15. The first-order valence-corrected chi connectivity index (χ1v) is 8.47. The summed E-state index contributed by atoms with van der Waals surface area (Å²) in [5.41, 5.74) is 0.857. The summed E-state index contributed by atoms with van der Waals surface area (Å²) in [5.74, 6) is -0.0639. The van der Waals surface area contributed by atoms with Gasteiger partial charge in [0.2, 0.25) is 5.91 Å². The van der Waals surface area contributed by atoms with Crippen LogP contribution in [0.25, 0.3) is 0 Å². The summed E-state index contributed by atoms with van der Waals surface area (Å²) in [6.45, 7) is 10.2. The summed E-state index contributed by atoms with van der Waals surface area (Å²) < 4.78 is 0. The Labute approximate surface area is 141 Å². The van der Waals surface area contributed by atoms with Crippen LogP contribution in [0.1, 0.15) is 20.8 Å². The Hall–Kier alpha value is -2.01. The number of nitrogens with one attached hydrogen (secondary N) is 1. The van der Waals surface area contributed by atoms with E-state index in [1.807, 2.05) is 45.0 Å². The average Bonchev–Trinajstić information content (AvgIpc) is 2.51. The van der Waals surface area contributed by atoms with Gasteiger partial charge in [-0.1, -0.05) is 43.8 Å². The molecule has 1 N–H and O–H groups in total. The summed E-state index contributed by atoms with van der Waals surface area (Å²) in [6, 6.07) is 7.73. The fourth-order valence-electron chi connectivity index (χ4n) is 2.12. The van der Waals surface area contributed by atoms with Crippen molar-refractivity contribution in [3.8, 4) is 0 Å². The van der Waals surface area contributed by atoms with Gasteiger partial charge in [-0.2, -0.15) is 0 Å². The minimum atomic E-state index is -0.236. The van der Waals surface area contributed by atoms with E-state index in [2.05, 4.69) is 11.9 Å². The maximum absolute atomic E-state index is 12.6. The van der Waals surface area contributed by atoms with E-state index >= 15 is 0 Å². The highest BCUT2D eigenvalue weighted by molar-refractivity contribution is 8.04. The minimum absolute atomic E-state index is 0.0552. The van der Waals surface area contributed by atoms with Crippen LogP contribution in [0.2, 0.25) is 0 Å². The van der Waals surface area contributed by atoms with Gasteiger partial charge in [0.15, 0.2) is 0 Å². The first kappa shape index (κ1) is 17.3. The van der Waals surface area contributed by atoms with Crippen molar-refractivity contribution in [1.29, 1.82) is 0 Å². The highest BCUT2D eigenvalue weighted by Crippen LogP contribution is 2.41. The molecule has 0 bridgehead atoms. The van der Waals surface area contributed by atoms with Crippen LogP contribution in [0, 0.1) is 5.92 Å². The molecule has 0 spiro atoms. The van der Waals surface area contributed by atoms with Gasteiger partial charge in [0.25, 0.3) is 5.91 Å². The van der Waals surface area contributed by atoms with Gasteiger partial charge >= 0.3 is 0 Å². The second-order valence-electron chi connectivity index (χ2n) is 5.82. The second-order valence-corrected chi connectivity index (χ2v) is 6.91. The monoisotopic (exact) mass is 330 g/mol. The third-order valence-corrected chi connectivity index (χ3v) is 4.85. The summed E-state index contributed by atoms with van der Waals surface area (Å²) in [7, 11) is 0. The summed E-state index contributed by atoms with van der Waals surface area (Å²) in [6.07, 6.45) is 3.08. The van der Waals surface area contributed by atoms with E-state index in [9.17, 15) is 9.59 Å². The summed E-state index contributed by atoms with van der Waals surface area (Å²) in [5, 5.41) is 2.90. The van der Waals surface area contributed by atoms with Crippen LogP contribution in [0.4, 0.5) is 5.69 Å². The van der Waals surface area contributed by atoms with Crippen molar-refractivity contribution >= 4 is 29.3 Å². The summed E-state index contributed by atoms with van der Waals surface area (Å²) in [4.78, 5) is 27.8. The standard InChI is InChI=1S/C18H22N2O2S/c1-5-10-20-14-8-6-7-9-15(14)23-16(18(20)22)11-17(21)19-13(4)12(2)3/h5-9,11-13H,1,10H2,2-4H3,(H,19,21)/b16-11+/t13-/m1/s1. The molecule has 2 amide bonds. The smallest absolute Gasteiger partial charge is 0.265 e. The molecule has 5 heteroatoms. The molecule has 2 rings (SSSR count). The Bertz CT molecular complexity index is 652. The maximum atomic E-state index is 12.6. The SMILES string of the molecule is C=CCN1C(=O)/C(=C\C(=O)N[C@H](C)C(C)C)Sc2ccccc21. The first-order chi connectivity index (χ1) is 10.9. The zero-order chi connectivity index (χ0) is 17.0. The van der Waals surface area contributed by atoms with Crippen LogP contribution in [0.15, 0.2) is 52.8 Å². The van der Waals surface area contributed by atoms with E-state index in [1.54, 1.807) is 11.0 Å². The Morgan fingerprint density at radius 1 is 1.35 bits per heavy atom. The van der Waals surface area contributed by atoms with Crippen molar-refractivity contribution in [3.63, 3.8) is 0 Å². The molecule has 1 aromatic carbocycles. The topological polar surface area (TPSA) is 49.4 Å². The van der Waals surface area contributed by atoms with Gasteiger partial charge in [0, 0.05) is 23.6 Å². The van der Waals surface area contributed by atoms with Gasteiger partial charge in [-0.15, -0.1) is 6.58 Å². The molecule has 1 atom stereocenters. The lowest BCUT2D eigenvalue weighted by molar-refractivity contribution is -0.118. The molecule has 23 heavy (non-hydrogen) atoms. The predicted molar refractivity (Wildman–Crippen MR) is 95.4 cm³/mol. The number of carbonyl (C=O) groups excluding carboxylic acids is 2. The molecule has 0 fully saturated rings. The number of carbonyl (C=O) groups is 2. The Kier molecular flexibility index (Phi) is 5.66. The minimum Gasteiger partial charge on any atom is -0.350 e. The number of amides is 2. The number of anilines is 1. The van der Waals surface area contributed by atoms with E-state index in [-0.39, 0.29) is 17.9 Å². The number of rotatable bonds is 5. The normalized spacial score (nSPS) is 17.1. The van der Waals surface area contributed by atoms with Crippen molar-refractivity contribution in [2.75, 3.05) is 11.4 Å². The van der Waals surface area contributed by atoms with Gasteiger partial charge in [-0.3, -0.25) is 9.59 Å². The molecule has 1 aliphatic heterocycles. The van der Waals surface area contributed by atoms with E-state index in [1.165, 1.54) is 17.8 Å². The number of nitrogens with zero attached hydrogens (tertiary/aromatic N) is 1. The van der Waals surface area contributed by atoms with Crippen LogP contribution in [0.5, 0.6) is 0 Å². The molecular formula is C18H22N2O2S. The Balaban J connectivity index is 2.27. The third kappa shape index (κ3) is 4.05. The molecular weight excluding hydrogens is 308 g/mol. The van der Waals surface area contributed by atoms with Crippen molar-refractivity contribution in [2.45, 2.75) is 31.7 Å². The Morgan fingerprint density at radius 2 is 2.04 bits per heavy atom. The number of thioether (sulfide) groups is 1. The van der Waals surface area contributed by atoms with Crippen LogP contribution >= 0.6 is 11.8 Å². The van der Waals surface area contributed by atoms with E-state index in [0.717, 1.165) is 10.6 Å². The molecule has 0 aliphatic carbocycles. The fraction of sp³-hybridized carbons (Fsp3) is 0.333. The van der Waals surface area contributed by atoms with E-state index < -0.39 is 0 Å². The zero-order valence-electron chi connectivity index (χ0n) is 13.7. The first-order valence-electron chi connectivity index (χ1n) is 7.66.